The molecule has 0 saturated carbocycles. The lowest BCUT2D eigenvalue weighted by atomic mass is 10.1. The maximum atomic E-state index is 13.9. The van der Waals surface area contributed by atoms with Gasteiger partial charge in [-0.15, -0.1) is 0 Å². The summed E-state index contributed by atoms with van der Waals surface area (Å²) < 4.78 is 22.7. The van der Waals surface area contributed by atoms with Gasteiger partial charge < -0.3 is 34.1 Å². The Labute approximate surface area is 257 Å². The number of hydrogen-bond donors (Lipinski definition) is 1. The van der Waals surface area contributed by atoms with E-state index in [9.17, 15) is 4.79 Å². The lowest BCUT2D eigenvalue weighted by Gasteiger charge is -2.34. The van der Waals surface area contributed by atoms with Crippen molar-refractivity contribution in [2.75, 3.05) is 69.7 Å². The number of amides is 1. The lowest BCUT2D eigenvalue weighted by molar-refractivity contribution is 0.209. The van der Waals surface area contributed by atoms with E-state index in [2.05, 4.69) is 33.2 Å². The maximum Gasteiger partial charge on any atom is 0.425 e. The number of anilines is 5. The molecule has 11 heteroatoms. The van der Waals surface area contributed by atoms with Crippen LogP contribution in [0.2, 0.25) is 0 Å². The van der Waals surface area contributed by atoms with E-state index in [-0.39, 0.29) is 11.8 Å². The molecule has 0 unspecified atom stereocenters. The third kappa shape index (κ3) is 6.63. The Kier molecular flexibility index (Phi) is 9.35. The molecule has 1 saturated heterocycles. The molecule has 1 fully saturated rings. The molecule has 3 aromatic carbocycles. The van der Waals surface area contributed by atoms with Crippen LogP contribution in [0, 0.1) is 13.8 Å². The van der Waals surface area contributed by atoms with Gasteiger partial charge >= 0.3 is 6.09 Å². The molecule has 1 aromatic heterocycles. The van der Waals surface area contributed by atoms with Gasteiger partial charge in [0.15, 0.2) is 0 Å². The summed E-state index contributed by atoms with van der Waals surface area (Å²) in [5.74, 6) is 2.65. The first kappa shape index (κ1) is 30.4. The number of hydrogen-bond acceptors (Lipinski definition) is 10. The third-order valence-electron chi connectivity index (χ3n) is 7.58. The normalized spacial score (nSPS) is 13.3. The summed E-state index contributed by atoms with van der Waals surface area (Å²) in [5.41, 5.74) is 3.86. The van der Waals surface area contributed by atoms with E-state index in [1.807, 2.05) is 44.2 Å². The zero-order chi connectivity index (χ0) is 31.2. The molecule has 0 atom stereocenters. The number of benzene rings is 3. The van der Waals surface area contributed by atoms with E-state index in [1.165, 1.54) is 12.0 Å². The van der Waals surface area contributed by atoms with Crippen LogP contribution in [0.1, 0.15) is 11.1 Å². The predicted molar refractivity (Wildman–Crippen MR) is 172 cm³/mol. The molecular formula is C33H38N6O5. The van der Waals surface area contributed by atoms with Gasteiger partial charge in [0.05, 0.1) is 32.7 Å². The van der Waals surface area contributed by atoms with Crippen LogP contribution in [0.25, 0.3) is 0 Å². The average Bonchev–Trinajstić information content (AvgIpc) is 3.04. The molecule has 5 rings (SSSR count). The van der Waals surface area contributed by atoms with Crippen LogP contribution in [0.3, 0.4) is 0 Å². The average molecular weight is 599 g/mol. The number of carbonyl (C=O) groups excluding carboxylic acids is 1. The Morgan fingerprint density at radius 2 is 1.59 bits per heavy atom. The fourth-order valence-electron chi connectivity index (χ4n) is 5.08. The van der Waals surface area contributed by atoms with Gasteiger partial charge in [-0.25, -0.2) is 14.7 Å². The molecule has 1 N–H and O–H groups in total. The number of rotatable bonds is 9. The first-order valence-electron chi connectivity index (χ1n) is 14.3. The number of aromatic nitrogens is 2. The summed E-state index contributed by atoms with van der Waals surface area (Å²) in [4.78, 5) is 29.1. The fraction of sp³-hybridized carbons (Fsp3) is 0.303. The van der Waals surface area contributed by atoms with E-state index < -0.39 is 6.09 Å². The van der Waals surface area contributed by atoms with E-state index >= 15 is 0 Å². The van der Waals surface area contributed by atoms with Crippen molar-refractivity contribution in [2.45, 2.75) is 13.8 Å². The molecule has 4 aromatic rings. The second-order valence-electron chi connectivity index (χ2n) is 10.5. The summed E-state index contributed by atoms with van der Waals surface area (Å²) in [6.45, 7) is 7.68. The SMILES string of the molecule is COc1ccc(N(C(=O)Oc2c(C)cccc2C)c2ccnc(Nc3ccc(N4CCN(C)CC4)cc3OC)n2)c(OC)c1. The third-order valence-corrected chi connectivity index (χ3v) is 7.58. The highest BCUT2D eigenvalue weighted by Gasteiger charge is 2.27. The van der Waals surface area contributed by atoms with Gasteiger partial charge in [0.25, 0.3) is 0 Å². The Morgan fingerprint density at radius 3 is 2.27 bits per heavy atom. The molecule has 1 amide bonds. The molecule has 230 valence electrons. The largest absolute Gasteiger partial charge is 0.497 e. The molecule has 1 aliphatic heterocycles. The van der Waals surface area contributed by atoms with Crippen molar-refractivity contribution in [1.82, 2.24) is 14.9 Å². The van der Waals surface area contributed by atoms with Crippen molar-refractivity contribution in [3.05, 3.63) is 78.0 Å². The van der Waals surface area contributed by atoms with Gasteiger partial charge in [-0.3, -0.25) is 0 Å². The van der Waals surface area contributed by atoms with Gasteiger partial charge in [0.1, 0.15) is 28.8 Å². The highest BCUT2D eigenvalue weighted by atomic mass is 16.6. The first-order valence-corrected chi connectivity index (χ1v) is 14.3. The minimum atomic E-state index is -0.662. The van der Waals surface area contributed by atoms with E-state index in [4.69, 9.17) is 23.9 Å². The van der Waals surface area contributed by atoms with E-state index in [0.29, 0.717) is 34.4 Å². The molecule has 0 radical (unpaired) electrons. The van der Waals surface area contributed by atoms with Crippen LogP contribution < -0.4 is 34.1 Å². The summed E-state index contributed by atoms with van der Waals surface area (Å²) in [6.07, 6.45) is 0.912. The van der Waals surface area contributed by atoms with Crippen molar-refractivity contribution in [3.8, 4) is 23.0 Å². The van der Waals surface area contributed by atoms with Gasteiger partial charge in [-0.1, -0.05) is 18.2 Å². The Balaban J connectivity index is 1.49. The number of nitrogens with one attached hydrogen (secondary N) is 1. The highest BCUT2D eigenvalue weighted by molar-refractivity contribution is 5.98. The summed E-state index contributed by atoms with van der Waals surface area (Å²) in [5, 5.41) is 3.26. The Hall–Kier alpha value is -5.03. The topological polar surface area (TPSA) is 102 Å². The monoisotopic (exact) mass is 598 g/mol. The number of methoxy groups -OCH3 is 3. The van der Waals surface area contributed by atoms with Gasteiger partial charge in [-0.2, -0.15) is 4.98 Å². The number of para-hydroxylation sites is 1. The van der Waals surface area contributed by atoms with Crippen LogP contribution in [0.5, 0.6) is 23.0 Å². The summed E-state index contributed by atoms with van der Waals surface area (Å²) >= 11 is 0. The van der Waals surface area contributed by atoms with Gasteiger partial charge in [0.2, 0.25) is 5.95 Å². The number of piperazine rings is 1. The van der Waals surface area contributed by atoms with E-state index in [1.54, 1.807) is 44.7 Å². The molecule has 11 nitrogen and oxygen atoms in total. The predicted octanol–water partition coefficient (Wildman–Crippen LogP) is 5.95. The van der Waals surface area contributed by atoms with Crippen molar-refractivity contribution in [3.63, 3.8) is 0 Å². The number of nitrogens with zero attached hydrogens (tertiary/aromatic N) is 5. The molecule has 1 aliphatic rings. The standard InChI is InChI=1S/C33H38N6O5/c1-22-8-7-9-23(2)31(22)44-33(40)39(27-13-11-25(41-4)21-29(27)43-6)30-14-15-34-32(36-30)35-26-12-10-24(20-28(26)42-5)38-18-16-37(3)17-19-38/h7-15,20-21H,16-19H2,1-6H3,(H,34,35,36). The molecule has 2 heterocycles. The van der Waals surface area contributed by atoms with Crippen molar-refractivity contribution >= 4 is 34.9 Å². The van der Waals surface area contributed by atoms with Crippen LogP contribution in [0.4, 0.5) is 33.6 Å². The zero-order valence-electron chi connectivity index (χ0n) is 26.0. The van der Waals surface area contributed by atoms with Crippen LogP contribution in [0.15, 0.2) is 66.9 Å². The van der Waals surface area contributed by atoms with Gasteiger partial charge in [0, 0.05) is 56.3 Å². The number of aryl methyl sites for hydroxylation is 2. The van der Waals surface area contributed by atoms with Gasteiger partial charge in [-0.05, 0) is 56.3 Å². The van der Waals surface area contributed by atoms with Crippen LogP contribution in [-0.2, 0) is 0 Å². The summed E-state index contributed by atoms with van der Waals surface area (Å²) in [6, 6.07) is 18.5. The van der Waals surface area contributed by atoms with Crippen LogP contribution in [-0.4, -0.2) is 75.5 Å². The Morgan fingerprint density at radius 1 is 0.864 bits per heavy atom. The number of likely N-dealkylation sites (N-methyl/N-ethyl adjacent to an activating group) is 1. The number of ether oxygens (including phenoxy) is 4. The minimum Gasteiger partial charge on any atom is -0.497 e. The molecular weight excluding hydrogens is 560 g/mol. The molecule has 0 bridgehead atoms. The van der Waals surface area contributed by atoms with Crippen molar-refractivity contribution in [2.24, 2.45) is 0 Å². The van der Waals surface area contributed by atoms with Crippen molar-refractivity contribution in [1.29, 1.82) is 0 Å². The lowest BCUT2D eigenvalue weighted by Crippen LogP contribution is -2.44. The number of carbonyl (C=O) groups is 1. The maximum absolute atomic E-state index is 13.9. The highest BCUT2D eigenvalue weighted by Crippen LogP contribution is 2.38. The quantitative estimate of drug-likeness (QED) is 0.249. The smallest absolute Gasteiger partial charge is 0.425 e. The zero-order valence-corrected chi connectivity index (χ0v) is 26.0. The second-order valence-corrected chi connectivity index (χ2v) is 10.5. The van der Waals surface area contributed by atoms with Crippen LogP contribution >= 0.6 is 0 Å². The fourth-order valence-corrected chi connectivity index (χ4v) is 5.08. The summed E-state index contributed by atoms with van der Waals surface area (Å²) in [7, 11) is 6.86. The first-order chi connectivity index (χ1) is 21.3. The second kappa shape index (κ2) is 13.5. The van der Waals surface area contributed by atoms with Crippen molar-refractivity contribution < 1.29 is 23.7 Å². The van der Waals surface area contributed by atoms with E-state index in [0.717, 1.165) is 43.0 Å². The molecule has 0 aliphatic carbocycles. The molecule has 0 spiro atoms. The Bertz CT molecular complexity index is 1600. The molecule has 44 heavy (non-hydrogen) atoms. The minimum absolute atomic E-state index is 0.269.